The van der Waals surface area contributed by atoms with E-state index in [1.807, 2.05) is 24.3 Å². The molecule has 1 aromatic rings. The van der Waals surface area contributed by atoms with E-state index in [1.54, 1.807) is 7.11 Å². The largest absolute Gasteiger partial charge is 0.497 e. The van der Waals surface area contributed by atoms with Crippen molar-refractivity contribution in [2.75, 3.05) is 19.0 Å². The first-order valence-electron chi connectivity index (χ1n) is 5.50. The maximum atomic E-state index is 5.73. The van der Waals surface area contributed by atoms with Crippen LogP contribution >= 0.6 is 15.9 Å². The Morgan fingerprint density at radius 1 is 1.12 bits per heavy atom. The van der Waals surface area contributed by atoms with Crippen molar-refractivity contribution in [1.29, 1.82) is 0 Å². The third-order valence-corrected chi connectivity index (χ3v) is 3.50. The van der Waals surface area contributed by atoms with Crippen LogP contribution in [0.2, 0.25) is 0 Å². The zero-order valence-corrected chi connectivity index (χ0v) is 11.7. The average Bonchev–Trinajstić information content (AvgIpc) is 2.30. The van der Waals surface area contributed by atoms with Gasteiger partial charge in [0.15, 0.2) is 0 Å². The highest BCUT2D eigenvalue weighted by molar-refractivity contribution is 9.09. The Kier molecular flexibility index (Phi) is 5.67. The van der Waals surface area contributed by atoms with Crippen molar-refractivity contribution >= 4 is 15.9 Å². The Morgan fingerprint density at radius 2 is 1.69 bits per heavy atom. The van der Waals surface area contributed by atoms with Crippen molar-refractivity contribution in [2.45, 2.75) is 13.8 Å². The zero-order chi connectivity index (χ0) is 12.0. The Morgan fingerprint density at radius 3 is 2.12 bits per heavy atom. The van der Waals surface area contributed by atoms with Crippen molar-refractivity contribution in [3.8, 4) is 11.5 Å². The van der Waals surface area contributed by atoms with E-state index < -0.39 is 0 Å². The monoisotopic (exact) mass is 286 g/mol. The quantitative estimate of drug-likeness (QED) is 0.742. The highest BCUT2D eigenvalue weighted by Gasteiger charge is 2.12. The fourth-order valence-corrected chi connectivity index (χ4v) is 2.22. The fourth-order valence-electron chi connectivity index (χ4n) is 1.29. The summed E-state index contributed by atoms with van der Waals surface area (Å²) in [5.41, 5.74) is 0. The summed E-state index contributed by atoms with van der Waals surface area (Å²) in [5, 5.41) is 0.973. The SMILES string of the molecule is COc1ccc(OCC(CBr)C(C)C)cc1. The Labute approximate surface area is 106 Å². The molecule has 0 heterocycles. The molecule has 2 nitrogen and oxygen atoms in total. The van der Waals surface area contributed by atoms with Crippen LogP contribution in [0.3, 0.4) is 0 Å². The van der Waals surface area contributed by atoms with E-state index in [0.29, 0.717) is 11.8 Å². The number of ether oxygens (including phenoxy) is 2. The van der Waals surface area contributed by atoms with E-state index >= 15 is 0 Å². The van der Waals surface area contributed by atoms with Crippen molar-refractivity contribution in [3.05, 3.63) is 24.3 Å². The molecule has 0 spiro atoms. The molecule has 90 valence electrons. The topological polar surface area (TPSA) is 18.5 Å². The number of alkyl halides is 1. The van der Waals surface area contributed by atoms with Crippen LogP contribution in [-0.4, -0.2) is 19.0 Å². The van der Waals surface area contributed by atoms with Gasteiger partial charge in [-0.3, -0.25) is 0 Å². The molecule has 1 aromatic carbocycles. The van der Waals surface area contributed by atoms with E-state index in [0.717, 1.165) is 23.4 Å². The first-order valence-corrected chi connectivity index (χ1v) is 6.62. The second kappa shape index (κ2) is 6.79. The zero-order valence-electron chi connectivity index (χ0n) is 10.1. The summed E-state index contributed by atoms with van der Waals surface area (Å²) >= 11 is 3.51. The van der Waals surface area contributed by atoms with Gasteiger partial charge in [0.1, 0.15) is 11.5 Å². The molecule has 0 aliphatic rings. The van der Waals surface area contributed by atoms with E-state index in [9.17, 15) is 0 Å². The molecule has 0 aliphatic carbocycles. The summed E-state index contributed by atoms with van der Waals surface area (Å²) in [5.74, 6) is 2.92. The standard InChI is InChI=1S/C13H19BrO2/c1-10(2)11(8-14)9-16-13-6-4-12(15-3)5-7-13/h4-7,10-11H,8-9H2,1-3H3. The molecule has 0 N–H and O–H groups in total. The molecule has 0 radical (unpaired) electrons. The fraction of sp³-hybridized carbons (Fsp3) is 0.538. The van der Waals surface area contributed by atoms with E-state index in [4.69, 9.17) is 9.47 Å². The van der Waals surface area contributed by atoms with Crippen LogP contribution in [0.25, 0.3) is 0 Å². The van der Waals surface area contributed by atoms with Crippen molar-refractivity contribution < 1.29 is 9.47 Å². The lowest BCUT2D eigenvalue weighted by atomic mass is 9.99. The maximum Gasteiger partial charge on any atom is 0.119 e. The smallest absolute Gasteiger partial charge is 0.119 e. The van der Waals surface area contributed by atoms with Crippen LogP contribution in [0.15, 0.2) is 24.3 Å². The Balaban J connectivity index is 2.47. The molecule has 0 aliphatic heterocycles. The van der Waals surface area contributed by atoms with Crippen LogP contribution in [0.4, 0.5) is 0 Å². The molecule has 0 aromatic heterocycles. The molecular formula is C13H19BrO2. The summed E-state index contributed by atoms with van der Waals surface area (Å²) in [4.78, 5) is 0. The second-order valence-electron chi connectivity index (χ2n) is 4.14. The summed E-state index contributed by atoms with van der Waals surface area (Å²) < 4.78 is 10.8. The third-order valence-electron chi connectivity index (χ3n) is 2.66. The molecule has 1 atom stereocenters. The van der Waals surface area contributed by atoms with Gasteiger partial charge < -0.3 is 9.47 Å². The number of benzene rings is 1. The molecule has 0 saturated carbocycles. The van der Waals surface area contributed by atoms with Gasteiger partial charge in [-0.2, -0.15) is 0 Å². The summed E-state index contributed by atoms with van der Waals surface area (Å²) in [6.45, 7) is 5.17. The van der Waals surface area contributed by atoms with E-state index in [2.05, 4.69) is 29.8 Å². The molecule has 0 saturated heterocycles. The van der Waals surface area contributed by atoms with Crippen molar-refractivity contribution in [2.24, 2.45) is 11.8 Å². The highest BCUT2D eigenvalue weighted by Crippen LogP contribution is 2.20. The molecule has 0 fully saturated rings. The van der Waals surface area contributed by atoms with Crippen molar-refractivity contribution in [1.82, 2.24) is 0 Å². The molecular weight excluding hydrogens is 268 g/mol. The lowest BCUT2D eigenvalue weighted by Crippen LogP contribution is -2.19. The third kappa shape index (κ3) is 4.05. The van der Waals surface area contributed by atoms with Crippen LogP contribution < -0.4 is 9.47 Å². The Bertz CT molecular complexity index is 295. The van der Waals surface area contributed by atoms with Gasteiger partial charge in [0.25, 0.3) is 0 Å². The highest BCUT2D eigenvalue weighted by atomic mass is 79.9. The molecule has 1 rings (SSSR count). The predicted molar refractivity (Wildman–Crippen MR) is 70.6 cm³/mol. The molecule has 0 amide bonds. The summed E-state index contributed by atoms with van der Waals surface area (Å²) in [6, 6.07) is 7.69. The van der Waals surface area contributed by atoms with Gasteiger partial charge in [-0.25, -0.2) is 0 Å². The van der Waals surface area contributed by atoms with Crippen LogP contribution in [0, 0.1) is 11.8 Å². The lowest BCUT2D eigenvalue weighted by molar-refractivity contribution is 0.227. The van der Waals surface area contributed by atoms with Crippen LogP contribution in [-0.2, 0) is 0 Å². The van der Waals surface area contributed by atoms with Gasteiger partial charge in [0.05, 0.1) is 13.7 Å². The van der Waals surface area contributed by atoms with Gasteiger partial charge >= 0.3 is 0 Å². The average molecular weight is 287 g/mol. The van der Waals surface area contributed by atoms with Crippen LogP contribution in [0.5, 0.6) is 11.5 Å². The number of hydrogen-bond acceptors (Lipinski definition) is 2. The van der Waals surface area contributed by atoms with Gasteiger partial charge in [0, 0.05) is 11.2 Å². The molecule has 0 bridgehead atoms. The molecule has 16 heavy (non-hydrogen) atoms. The van der Waals surface area contributed by atoms with Gasteiger partial charge in [-0.05, 0) is 30.2 Å². The normalized spacial score (nSPS) is 12.6. The van der Waals surface area contributed by atoms with Crippen LogP contribution in [0.1, 0.15) is 13.8 Å². The molecule has 1 unspecified atom stereocenters. The first-order chi connectivity index (χ1) is 7.67. The maximum absolute atomic E-state index is 5.73. The molecule has 3 heteroatoms. The lowest BCUT2D eigenvalue weighted by Gasteiger charge is -2.18. The minimum absolute atomic E-state index is 0.544. The van der Waals surface area contributed by atoms with Gasteiger partial charge in [0.2, 0.25) is 0 Å². The number of rotatable bonds is 6. The first kappa shape index (κ1) is 13.4. The minimum Gasteiger partial charge on any atom is -0.497 e. The minimum atomic E-state index is 0.544. The number of hydrogen-bond donors (Lipinski definition) is 0. The predicted octanol–water partition coefficient (Wildman–Crippen LogP) is 3.74. The van der Waals surface area contributed by atoms with Crippen molar-refractivity contribution in [3.63, 3.8) is 0 Å². The second-order valence-corrected chi connectivity index (χ2v) is 4.79. The van der Waals surface area contributed by atoms with E-state index in [1.165, 1.54) is 0 Å². The van der Waals surface area contributed by atoms with Gasteiger partial charge in [-0.15, -0.1) is 0 Å². The summed E-state index contributed by atoms with van der Waals surface area (Å²) in [6.07, 6.45) is 0. The Hall–Kier alpha value is -0.700. The summed E-state index contributed by atoms with van der Waals surface area (Å²) in [7, 11) is 1.66. The number of halogens is 1. The van der Waals surface area contributed by atoms with E-state index in [-0.39, 0.29) is 0 Å². The van der Waals surface area contributed by atoms with Gasteiger partial charge in [-0.1, -0.05) is 29.8 Å². The number of methoxy groups -OCH3 is 1.